The second-order valence-electron chi connectivity index (χ2n) is 8.34. The maximum Gasteiger partial charge on any atom is 0.336 e. The van der Waals surface area contributed by atoms with Gasteiger partial charge in [0.05, 0.1) is 13.3 Å². The van der Waals surface area contributed by atoms with Gasteiger partial charge in [0.25, 0.3) is 5.91 Å². The fraction of sp³-hybridized carbons (Fsp3) is 0.207. The lowest BCUT2D eigenvalue weighted by atomic mass is 10.0. The van der Waals surface area contributed by atoms with Crippen molar-refractivity contribution in [3.63, 3.8) is 0 Å². The van der Waals surface area contributed by atoms with Crippen molar-refractivity contribution in [2.75, 3.05) is 13.7 Å². The van der Waals surface area contributed by atoms with Gasteiger partial charge >= 0.3 is 5.97 Å². The number of carbonyl (C=O) groups is 2. The van der Waals surface area contributed by atoms with E-state index in [-0.39, 0.29) is 18.3 Å². The molecule has 0 unspecified atom stereocenters. The standard InChI is InChI=1S/C29H30N2O5/c1-20(2)24-13-10-21(3)26(17-24)35-19-28(32)31-30-18-23-11-14-25(27(16-23)34-4)36-29(33)15-12-22-8-6-5-7-9-22/h5-18,20H,19H2,1-4H3,(H,31,32)/b15-12+,30-18-. The summed E-state index contributed by atoms with van der Waals surface area (Å²) < 4.78 is 16.4. The number of nitrogens with zero attached hydrogens (tertiary/aromatic N) is 1. The largest absolute Gasteiger partial charge is 0.493 e. The van der Waals surface area contributed by atoms with E-state index in [9.17, 15) is 9.59 Å². The predicted molar refractivity (Wildman–Crippen MR) is 141 cm³/mol. The van der Waals surface area contributed by atoms with Gasteiger partial charge in [-0.3, -0.25) is 4.79 Å². The first-order valence-corrected chi connectivity index (χ1v) is 11.5. The van der Waals surface area contributed by atoms with Gasteiger partial charge in [-0.15, -0.1) is 0 Å². The van der Waals surface area contributed by atoms with Gasteiger partial charge in [0, 0.05) is 6.08 Å². The van der Waals surface area contributed by atoms with Crippen LogP contribution in [-0.4, -0.2) is 31.8 Å². The van der Waals surface area contributed by atoms with Crippen molar-refractivity contribution < 1.29 is 23.8 Å². The second-order valence-corrected chi connectivity index (χ2v) is 8.34. The van der Waals surface area contributed by atoms with Gasteiger partial charge in [0.15, 0.2) is 18.1 Å². The van der Waals surface area contributed by atoms with Crippen molar-refractivity contribution in [3.8, 4) is 17.2 Å². The zero-order chi connectivity index (χ0) is 25.9. The summed E-state index contributed by atoms with van der Waals surface area (Å²) in [6, 6.07) is 20.4. The van der Waals surface area contributed by atoms with E-state index in [2.05, 4.69) is 30.4 Å². The minimum absolute atomic E-state index is 0.158. The fourth-order valence-corrected chi connectivity index (χ4v) is 3.21. The van der Waals surface area contributed by atoms with Crippen molar-refractivity contribution in [3.05, 3.63) is 95.1 Å². The van der Waals surface area contributed by atoms with E-state index in [4.69, 9.17) is 14.2 Å². The van der Waals surface area contributed by atoms with E-state index in [0.29, 0.717) is 23.0 Å². The molecule has 0 aliphatic rings. The number of amides is 1. The number of rotatable bonds is 10. The Balaban J connectivity index is 1.54. The Hall–Kier alpha value is -4.39. The number of esters is 1. The molecule has 186 valence electrons. The highest BCUT2D eigenvalue weighted by Gasteiger charge is 2.10. The summed E-state index contributed by atoms with van der Waals surface area (Å²) in [4.78, 5) is 24.3. The van der Waals surface area contributed by atoms with E-state index in [1.807, 2.05) is 49.4 Å². The maximum absolute atomic E-state index is 12.2. The Morgan fingerprint density at radius 3 is 2.44 bits per heavy atom. The number of nitrogens with one attached hydrogen (secondary N) is 1. The monoisotopic (exact) mass is 486 g/mol. The maximum atomic E-state index is 12.2. The third-order valence-electron chi connectivity index (χ3n) is 5.25. The molecule has 0 aliphatic carbocycles. The predicted octanol–water partition coefficient (Wildman–Crippen LogP) is 5.27. The van der Waals surface area contributed by atoms with E-state index < -0.39 is 5.97 Å². The zero-order valence-corrected chi connectivity index (χ0v) is 20.9. The molecule has 1 amide bonds. The molecule has 7 heteroatoms. The molecule has 1 N–H and O–H groups in total. The van der Waals surface area contributed by atoms with Gasteiger partial charge in [-0.2, -0.15) is 5.10 Å². The molecule has 0 aromatic heterocycles. The van der Waals surface area contributed by atoms with Gasteiger partial charge in [0.1, 0.15) is 5.75 Å². The van der Waals surface area contributed by atoms with E-state index >= 15 is 0 Å². The normalized spacial score (nSPS) is 11.1. The summed E-state index contributed by atoms with van der Waals surface area (Å²) in [5.74, 6) is 0.755. The molecule has 3 aromatic carbocycles. The molecule has 3 rings (SSSR count). The number of hydrogen-bond donors (Lipinski definition) is 1. The van der Waals surface area contributed by atoms with Crippen LogP contribution >= 0.6 is 0 Å². The summed E-state index contributed by atoms with van der Waals surface area (Å²) in [6.07, 6.45) is 4.48. The third kappa shape index (κ3) is 7.84. The van der Waals surface area contributed by atoms with Crippen LogP contribution in [0.15, 0.2) is 77.9 Å². The minimum atomic E-state index is -0.528. The van der Waals surface area contributed by atoms with Crippen LogP contribution in [0.25, 0.3) is 6.08 Å². The number of carbonyl (C=O) groups excluding carboxylic acids is 2. The molecule has 0 saturated heterocycles. The van der Waals surface area contributed by atoms with Crippen molar-refractivity contribution in [1.82, 2.24) is 5.43 Å². The first-order valence-electron chi connectivity index (χ1n) is 11.5. The van der Waals surface area contributed by atoms with Crippen LogP contribution in [0.4, 0.5) is 0 Å². The van der Waals surface area contributed by atoms with E-state index in [1.54, 1.807) is 24.3 Å². The van der Waals surface area contributed by atoms with Crippen molar-refractivity contribution in [2.45, 2.75) is 26.7 Å². The van der Waals surface area contributed by atoms with Crippen LogP contribution in [0.3, 0.4) is 0 Å². The van der Waals surface area contributed by atoms with Gasteiger partial charge in [-0.25, -0.2) is 10.2 Å². The van der Waals surface area contributed by atoms with Gasteiger partial charge < -0.3 is 14.2 Å². The Labute approximate surface area is 211 Å². The molecular weight excluding hydrogens is 456 g/mol. The average Bonchev–Trinajstić information content (AvgIpc) is 2.88. The molecule has 0 heterocycles. The SMILES string of the molecule is COc1cc(/C=N\NC(=O)COc2cc(C(C)C)ccc2C)ccc1OC(=O)/C=C/c1ccccc1. The number of hydrogen-bond acceptors (Lipinski definition) is 6. The van der Waals surface area contributed by atoms with Crippen molar-refractivity contribution in [1.29, 1.82) is 0 Å². The first kappa shape index (κ1) is 26.2. The number of benzene rings is 3. The molecule has 36 heavy (non-hydrogen) atoms. The molecule has 0 bridgehead atoms. The van der Waals surface area contributed by atoms with Crippen LogP contribution in [-0.2, 0) is 9.59 Å². The molecule has 3 aromatic rings. The van der Waals surface area contributed by atoms with Gasteiger partial charge in [0.2, 0.25) is 0 Å². The molecule has 0 spiro atoms. The van der Waals surface area contributed by atoms with Crippen LogP contribution in [0.5, 0.6) is 17.2 Å². The number of methoxy groups -OCH3 is 1. The quantitative estimate of drug-likeness (QED) is 0.139. The number of aryl methyl sites for hydroxylation is 1. The van der Waals surface area contributed by atoms with Crippen LogP contribution in [0, 0.1) is 6.92 Å². The molecule has 0 fully saturated rings. The summed E-state index contributed by atoms with van der Waals surface area (Å²) >= 11 is 0. The number of ether oxygens (including phenoxy) is 3. The highest BCUT2D eigenvalue weighted by molar-refractivity contribution is 5.89. The van der Waals surface area contributed by atoms with Gasteiger partial charge in [-0.05, 0) is 65.4 Å². The second kappa shape index (κ2) is 12.9. The molecule has 0 saturated carbocycles. The Morgan fingerprint density at radius 2 is 1.72 bits per heavy atom. The fourth-order valence-electron chi connectivity index (χ4n) is 3.21. The van der Waals surface area contributed by atoms with Crippen LogP contribution < -0.4 is 19.6 Å². The van der Waals surface area contributed by atoms with Crippen molar-refractivity contribution in [2.24, 2.45) is 5.10 Å². The molecule has 0 aliphatic heterocycles. The van der Waals surface area contributed by atoms with Crippen molar-refractivity contribution >= 4 is 24.2 Å². The summed E-state index contributed by atoms with van der Waals surface area (Å²) in [7, 11) is 1.47. The summed E-state index contributed by atoms with van der Waals surface area (Å²) in [5, 5.41) is 3.97. The van der Waals surface area contributed by atoms with E-state index in [1.165, 1.54) is 19.4 Å². The number of hydrazone groups is 1. The lowest BCUT2D eigenvalue weighted by molar-refractivity contribution is -0.129. The first-order chi connectivity index (χ1) is 17.4. The lowest BCUT2D eigenvalue weighted by Crippen LogP contribution is -2.24. The zero-order valence-electron chi connectivity index (χ0n) is 20.9. The highest BCUT2D eigenvalue weighted by Crippen LogP contribution is 2.28. The van der Waals surface area contributed by atoms with Crippen LogP contribution in [0.2, 0.25) is 0 Å². The smallest absolute Gasteiger partial charge is 0.336 e. The molecule has 7 nitrogen and oxygen atoms in total. The molecular formula is C29H30N2O5. The Kier molecular flexibility index (Phi) is 9.40. The topological polar surface area (TPSA) is 86.2 Å². The van der Waals surface area contributed by atoms with E-state index in [0.717, 1.165) is 16.7 Å². The Bertz CT molecular complexity index is 1250. The summed E-state index contributed by atoms with van der Waals surface area (Å²) in [6.45, 7) is 5.98. The van der Waals surface area contributed by atoms with Crippen LogP contribution in [0.1, 0.15) is 42.0 Å². The molecule has 0 radical (unpaired) electrons. The summed E-state index contributed by atoms with van der Waals surface area (Å²) in [5.41, 5.74) is 6.08. The average molecular weight is 487 g/mol. The highest BCUT2D eigenvalue weighted by atomic mass is 16.6. The lowest BCUT2D eigenvalue weighted by Gasteiger charge is -2.12. The minimum Gasteiger partial charge on any atom is -0.493 e. The van der Waals surface area contributed by atoms with Gasteiger partial charge in [-0.1, -0.05) is 56.3 Å². The molecule has 0 atom stereocenters. The third-order valence-corrected chi connectivity index (χ3v) is 5.25. The Morgan fingerprint density at radius 1 is 0.944 bits per heavy atom.